The first-order valence-electron chi connectivity index (χ1n) is 8.91. The Morgan fingerprint density at radius 1 is 1.38 bits per heavy atom. The molecule has 1 aliphatic carbocycles. The lowest BCUT2D eigenvalue weighted by Gasteiger charge is -2.30. The Morgan fingerprint density at radius 3 is 2.83 bits per heavy atom. The number of rotatable bonds is 6. The van der Waals surface area contributed by atoms with Gasteiger partial charge in [-0.2, -0.15) is 0 Å². The number of anilines is 1. The quantitative estimate of drug-likeness (QED) is 0.819. The van der Waals surface area contributed by atoms with Gasteiger partial charge >= 0.3 is 0 Å². The van der Waals surface area contributed by atoms with E-state index >= 15 is 0 Å². The van der Waals surface area contributed by atoms with Gasteiger partial charge in [0.25, 0.3) is 0 Å². The molecule has 132 valence electrons. The Labute approximate surface area is 146 Å². The number of nitrogens with two attached hydrogens (primary N) is 1. The van der Waals surface area contributed by atoms with E-state index in [1.807, 2.05) is 5.38 Å². The fraction of sp³-hybridized carbons (Fsp3) is 0.706. The van der Waals surface area contributed by atoms with Gasteiger partial charge in [0.15, 0.2) is 5.13 Å². The van der Waals surface area contributed by atoms with Crippen LogP contribution in [0.4, 0.5) is 5.13 Å². The van der Waals surface area contributed by atoms with Crippen molar-refractivity contribution in [2.24, 2.45) is 11.7 Å². The molecule has 0 aromatic carbocycles. The molecular formula is C17H26N4O2S. The normalized spacial score (nSPS) is 20.4. The molecule has 7 heteroatoms. The number of nitrogens with one attached hydrogen (secondary N) is 1. The van der Waals surface area contributed by atoms with Crippen LogP contribution in [0.1, 0.15) is 50.6 Å². The number of hydrogen-bond donors (Lipinski definition) is 2. The van der Waals surface area contributed by atoms with Gasteiger partial charge in [0, 0.05) is 30.9 Å². The molecule has 1 atom stereocenters. The molecule has 1 aromatic rings. The molecule has 3 N–H and O–H groups in total. The molecule has 1 aromatic heterocycles. The topological polar surface area (TPSA) is 88.3 Å². The van der Waals surface area contributed by atoms with E-state index in [4.69, 9.17) is 5.73 Å². The van der Waals surface area contributed by atoms with Crippen molar-refractivity contribution in [1.82, 2.24) is 10.3 Å². The fourth-order valence-electron chi connectivity index (χ4n) is 3.68. The van der Waals surface area contributed by atoms with Crippen LogP contribution >= 0.6 is 11.3 Å². The van der Waals surface area contributed by atoms with E-state index in [-0.39, 0.29) is 24.3 Å². The third kappa shape index (κ3) is 4.13. The molecule has 1 saturated carbocycles. The average molecular weight is 350 g/mol. The van der Waals surface area contributed by atoms with E-state index in [2.05, 4.69) is 10.3 Å². The maximum atomic E-state index is 12.3. The largest absolute Gasteiger partial charge is 0.351 e. The summed E-state index contributed by atoms with van der Waals surface area (Å²) in [5, 5.41) is 5.68. The minimum Gasteiger partial charge on any atom is -0.351 e. The third-order valence-electron chi connectivity index (χ3n) is 5.00. The summed E-state index contributed by atoms with van der Waals surface area (Å²) >= 11 is 1.43. The molecule has 24 heavy (non-hydrogen) atoms. The lowest BCUT2D eigenvalue weighted by molar-refractivity contribution is -0.121. The molecular weight excluding hydrogens is 324 g/mol. The molecule has 2 fully saturated rings. The predicted octanol–water partition coefficient (Wildman–Crippen LogP) is 1.84. The second kappa shape index (κ2) is 8.07. The molecule has 1 saturated heterocycles. The summed E-state index contributed by atoms with van der Waals surface area (Å²) < 4.78 is 0. The molecule has 0 bridgehead atoms. The van der Waals surface area contributed by atoms with E-state index < -0.39 is 0 Å². The predicted molar refractivity (Wildman–Crippen MR) is 95.0 cm³/mol. The van der Waals surface area contributed by atoms with Gasteiger partial charge in [-0.25, -0.2) is 4.98 Å². The smallest absolute Gasteiger partial charge is 0.228 e. The number of hydrogen-bond acceptors (Lipinski definition) is 5. The first kappa shape index (κ1) is 17.4. The van der Waals surface area contributed by atoms with Crippen LogP contribution in [0.3, 0.4) is 0 Å². The van der Waals surface area contributed by atoms with Crippen LogP contribution in [0, 0.1) is 5.92 Å². The van der Waals surface area contributed by atoms with Gasteiger partial charge < -0.3 is 11.1 Å². The Morgan fingerprint density at radius 2 is 2.17 bits per heavy atom. The SMILES string of the molecule is NCC(NC(=O)Cc1csc(N2CCCC2=O)n1)C1CCCCC1. The number of amides is 2. The maximum absolute atomic E-state index is 12.3. The Balaban J connectivity index is 1.54. The van der Waals surface area contributed by atoms with Gasteiger partial charge in [-0.05, 0) is 25.2 Å². The van der Waals surface area contributed by atoms with Crippen LogP contribution in [0.15, 0.2) is 5.38 Å². The van der Waals surface area contributed by atoms with Crippen molar-refractivity contribution in [1.29, 1.82) is 0 Å². The number of carbonyl (C=O) groups excluding carboxylic acids is 2. The zero-order valence-electron chi connectivity index (χ0n) is 14.0. The summed E-state index contributed by atoms with van der Waals surface area (Å²) in [5.74, 6) is 0.599. The minimum absolute atomic E-state index is 0.0272. The molecule has 1 unspecified atom stereocenters. The van der Waals surface area contributed by atoms with Crippen molar-refractivity contribution in [3.8, 4) is 0 Å². The number of carbonyl (C=O) groups is 2. The first-order chi connectivity index (χ1) is 11.7. The second-order valence-electron chi connectivity index (χ2n) is 6.75. The Hall–Kier alpha value is -1.47. The molecule has 0 spiro atoms. The van der Waals surface area contributed by atoms with Crippen molar-refractivity contribution >= 4 is 28.3 Å². The summed E-state index contributed by atoms with van der Waals surface area (Å²) in [6.45, 7) is 1.22. The fourth-order valence-corrected chi connectivity index (χ4v) is 4.55. The van der Waals surface area contributed by atoms with Crippen LogP contribution in [0.2, 0.25) is 0 Å². The van der Waals surface area contributed by atoms with E-state index in [0.29, 0.717) is 24.0 Å². The van der Waals surface area contributed by atoms with E-state index in [0.717, 1.165) is 31.5 Å². The van der Waals surface area contributed by atoms with Crippen LogP contribution in [0.25, 0.3) is 0 Å². The van der Waals surface area contributed by atoms with E-state index in [9.17, 15) is 9.59 Å². The average Bonchev–Trinajstić information content (AvgIpc) is 3.22. The van der Waals surface area contributed by atoms with Crippen molar-refractivity contribution in [2.45, 2.75) is 57.4 Å². The van der Waals surface area contributed by atoms with Crippen LogP contribution in [-0.4, -0.2) is 35.9 Å². The Bertz CT molecular complexity index is 583. The second-order valence-corrected chi connectivity index (χ2v) is 7.59. The highest BCUT2D eigenvalue weighted by atomic mass is 32.1. The molecule has 0 radical (unpaired) electrons. The van der Waals surface area contributed by atoms with Crippen molar-refractivity contribution in [3.63, 3.8) is 0 Å². The van der Waals surface area contributed by atoms with Gasteiger partial charge in [-0.1, -0.05) is 19.3 Å². The third-order valence-corrected chi connectivity index (χ3v) is 5.92. The van der Waals surface area contributed by atoms with Crippen molar-refractivity contribution in [2.75, 3.05) is 18.0 Å². The molecule has 6 nitrogen and oxygen atoms in total. The maximum Gasteiger partial charge on any atom is 0.228 e. The summed E-state index contributed by atoms with van der Waals surface area (Å²) in [6, 6.07) is 0.0658. The highest BCUT2D eigenvalue weighted by Gasteiger charge is 2.26. The summed E-state index contributed by atoms with van der Waals surface area (Å²) in [6.07, 6.45) is 7.79. The standard InChI is InChI=1S/C17H26N4O2S/c18-10-14(12-5-2-1-3-6-12)20-15(22)9-13-11-24-17(19-13)21-8-4-7-16(21)23/h11-12,14H,1-10,18H2,(H,20,22). The number of nitrogens with zero attached hydrogens (tertiary/aromatic N) is 2. The van der Waals surface area contributed by atoms with Gasteiger partial charge in [0.05, 0.1) is 12.1 Å². The Kier molecular flexibility index (Phi) is 5.84. The van der Waals surface area contributed by atoms with E-state index in [1.54, 1.807) is 4.90 Å². The summed E-state index contributed by atoms with van der Waals surface area (Å²) in [4.78, 5) is 30.3. The molecule has 2 amide bonds. The zero-order chi connectivity index (χ0) is 16.9. The highest BCUT2D eigenvalue weighted by Crippen LogP contribution is 2.27. The van der Waals surface area contributed by atoms with Crippen molar-refractivity contribution < 1.29 is 9.59 Å². The minimum atomic E-state index is -0.0272. The van der Waals surface area contributed by atoms with Gasteiger partial charge in [-0.3, -0.25) is 14.5 Å². The lowest BCUT2D eigenvalue weighted by atomic mass is 9.84. The van der Waals surface area contributed by atoms with Crippen LogP contribution < -0.4 is 16.0 Å². The van der Waals surface area contributed by atoms with Gasteiger partial charge in [-0.15, -0.1) is 11.3 Å². The lowest BCUT2D eigenvalue weighted by Crippen LogP contribution is -2.46. The van der Waals surface area contributed by atoms with Gasteiger partial charge in [0.1, 0.15) is 0 Å². The molecule has 1 aliphatic heterocycles. The zero-order valence-corrected chi connectivity index (χ0v) is 14.8. The van der Waals surface area contributed by atoms with Crippen molar-refractivity contribution in [3.05, 3.63) is 11.1 Å². The number of aromatic nitrogens is 1. The van der Waals surface area contributed by atoms with Gasteiger partial charge in [0.2, 0.25) is 11.8 Å². The monoisotopic (exact) mass is 350 g/mol. The summed E-state index contributed by atoms with van der Waals surface area (Å²) in [7, 11) is 0. The molecule has 2 aliphatic rings. The molecule has 3 rings (SSSR count). The van der Waals surface area contributed by atoms with Crippen LogP contribution in [-0.2, 0) is 16.0 Å². The number of thiazole rings is 1. The summed E-state index contributed by atoms with van der Waals surface area (Å²) in [5.41, 5.74) is 6.60. The first-order valence-corrected chi connectivity index (χ1v) is 9.79. The highest BCUT2D eigenvalue weighted by molar-refractivity contribution is 7.14. The van der Waals surface area contributed by atoms with Crippen LogP contribution in [0.5, 0.6) is 0 Å². The van der Waals surface area contributed by atoms with E-state index in [1.165, 1.54) is 30.6 Å². The molecule has 2 heterocycles.